The van der Waals surface area contributed by atoms with Crippen molar-refractivity contribution >= 4 is 49.8 Å². The Labute approximate surface area is 227 Å². The van der Waals surface area contributed by atoms with Gasteiger partial charge in [0.1, 0.15) is 0 Å². The Kier molecular flexibility index (Phi) is 7.49. The number of rotatable bonds is 9. The van der Waals surface area contributed by atoms with Gasteiger partial charge in [0.15, 0.2) is 16.1 Å². The molecule has 0 aliphatic heterocycles. The van der Waals surface area contributed by atoms with Gasteiger partial charge in [-0.1, -0.05) is 29.5 Å². The lowest BCUT2D eigenvalue weighted by Crippen LogP contribution is -2.15. The van der Waals surface area contributed by atoms with Crippen LogP contribution in [0.5, 0.6) is 0 Å². The summed E-state index contributed by atoms with van der Waals surface area (Å²) in [6, 6.07) is 17.6. The highest BCUT2D eigenvalue weighted by Gasteiger charge is 2.18. The average Bonchev–Trinajstić information content (AvgIpc) is 3.58. The lowest BCUT2D eigenvalue weighted by molar-refractivity contribution is -0.113. The van der Waals surface area contributed by atoms with Crippen molar-refractivity contribution in [3.63, 3.8) is 0 Å². The van der Waals surface area contributed by atoms with Crippen LogP contribution in [0, 0.1) is 6.92 Å². The second-order valence-corrected chi connectivity index (χ2v) is 11.5. The van der Waals surface area contributed by atoms with Crippen LogP contribution in [-0.4, -0.2) is 44.8 Å². The lowest BCUT2D eigenvalue weighted by atomic mass is 10.2. The van der Waals surface area contributed by atoms with E-state index in [0.717, 1.165) is 16.8 Å². The van der Waals surface area contributed by atoms with Crippen LogP contribution in [0.1, 0.15) is 5.56 Å². The fraction of sp³-hybridized carbons (Fsp3) is 0.0800. The van der Waals surface area contributed by atoms with E-state index in [1.807, 2.05) is 47.9 Å². The number of hydrogen-bond donors (Lipinski definition) is 2. The highest BCUT2D eigenvalue weighted by molar-refractivity contribution is 7.99. The molecule has 10 nitrogen and oxygen atoms in total. The van der Waals surface area contributed by atoms with Crippen molar-refractivity contribution in [2.45, 2.75) is 17.0 Å². The van der Waals surface area contributed by atoms with Gasteiger partial charge in [-0.25, -0.2) is 13.4 Å². The fourth-order valence-electron chi connectivity index (χ4n) is 3.47. The van der Waals surface area contributed by atoms with Crippen molar-refractivity contribution in [3.8, 4) is 17.1 Å². The molecule has 0 saturated heterocycles. The molecule has 0 spiro atoms. The minimum Gasteiger partial charge on any atom is -0.325 e. The molecule has 0 atom stereocenters. The van der Waals surface area contributed by atoms with E-state index < -0.39 is 10.0 Å². The average molecular weight is 564 g/mol. The smallest absolute Gasteiger partial charge is 0.263 e. The number of nitrogens with one attached hydrogen (secondary N) is 2. The molecule has 1 amide bonds. The molecule has 0 aliphatic carbocycles. The van der Waals surface area contributed by atoms with Gasteiger partial charge in [0.25, 0.3) is 10.0 Å². The van der Waals surface area contributed by atoms with E-state index in [2.05, 4.69) is 30.2 Å². The summed E-state index contributed by atoms with van der Waals surface area (Å²) >= 11 is 2.43. The van der Waals surface area contributed by atoms with Gasteiger partial charge in [0.05, 0.1) is 10.6 Å². The van der Waals surface area contributed by atoms with Crippen LogP contribution in [0.25, 0.3) is 17.1 Å². The Morgan fingerprint density at radius 3 is 2.39 bits per heavy atom. The van der Waals surface area contributed by atoms with Crippen LogP contribution in [0.2, 0.25) is 0 Å². The summed E-state index contributed by atoms with van der Waals surface area (Å²) < 4.78 is 29.3. The van der Waals surface area contributed by atoms with Crippen LogP contribution >= 0.6 is 23.1 Å². The monoisotopic (exact) mass is 563 g/mol. The van der Waals surface area contributed by atoms with Crippen LogP contribution in [-0.2, 0) is 14.8 Å². The Morgan fingerprint density at radius 2 is 1.71 bits per heavy atom. The Balaban J connectivity index is 1.28. The van der Waals surface area contributed by atoms with Gasteiger partial charge in [-0.3, -0.25) is 19.1 Å². The number of anilines is 2. The van der Waals surface area contributed by atoms with E-state index in [9.17, 15) is 13.2 Å². The van der Waals surface area contributed by atoms with E-state index in [1.165, 1.54) is 53.6 Å². The van der Waals surface area contributed by atoms with Gasteiger partial charge >= 0.3 is 0 Å². The second-order valence-electron chi connectivity index (χ2n) is 8.02. The molecule has 38 heavy (non-hydrogen) atoms. The zero-order valence-corrected chi connectivity index (χ0v) is 22.4. The Bertz CT molecular complexity index is 1640. The summed E-state index contributed by atoms with van der Waals surface area (Å²) in [6.45, 7) is 2.01. The maximum atomic E-state index is 12.7. The summed E-state index contributed by atoms with van der Waals surface area (Å²) in [7, 11) is -3.77. The number of carbonyl (C=O) groups excluding carboxylic acids is 1. The number of aromatic nitrogens is 5. The maximum absolute atomic E-state index is 12.7. The number of hydrogen-bond acceptors (Lipinski definition) is 9. The molecule has 5 rings (SSSR count). The minimum absolute atomic E-state index is 0.0647. The highest BCUT2D eigenvalue weighted by Crippen LogP contribution is 2.28. The van der Waals surface area contributed by atoms with Crippen molar-refractivity contribution in [2.75, 3.05) is 15.8 Å². The molecule has 3 aromatic heterocycles. The van der Waals surface area contributed by atoms with Crippen molar-refractivity contribution in [1.82, 2.24) is 24.7 Å². The number of nitrogens with zero attached hydrogens (tertiary/aromatic N) is 5. The summed E-state index contributed by atoms with van der Waals surface area (Å²) in [4.78, 5) is 20.8. The second kappa shape index (κ2) is 11.1. The summed E-state index contributed by atoms with van der Waals surface area (Å²) in [6.07, 6.45) is 4.90. The molecule has 0 unspecified atom stereocenters. The van der Waals surface area contributed by atoms with Crippen LogP contribution in [0.4, 0.5) is 10.8 Å². The predicted molar refractivity (Wildman–Crippen MR) is 148 cm³/mol. The van der Waals surface area contributed by atoms with Gasteiger partial charge < -0.3 is 5.32 Å². The van der Waals surface area contributed by atoms with Gasteiger partial charge in [0.2, 0.25) is 5.91 Å². The molecule has 0 radical (unpaired) electrons. The Hall–Kier alpha value is -4.07. The summed E-state index contributed by atoms with van der Waals surface area (Å²) in [5.41, 5.74) is 3.32. The van der Waals surface area contributed by atoms with Crippen molar-refractivity contribution in [3.05, 3.63) is 90.2 Å². The topological polar surface area (TPSA) is 132 Å². The largest absolute Gasteiger partial charge is 0.325 e. The molecule has 13 heteroatoms. The molecule has 3 heterocycles. The van der Waals surface area contributed by atoms with Gasteiger partial charge in [0, 0.05) is 40.9 Å². The number of carbonyl (C=O) groups is 1. The first-order valence-electron chi connectivity index (χ1n) is 11.3. The number of sulfonamides is 1. The predicted octanol–water partition coefficient (Wildman–Crippen LogP) is 4.63. The molecule has 5 aromatic rings. The first-order chi connectivity index (χ1) is 18.4. The fourth-order valence-corrected chi connectivity index (χ4v) is 6.01. The van der Waals surface area contributed by atoms with E-state index in [0.29, 0.717) is 16.7 Å². The summed E-state index contributed by atoms with van der Waals surface area (Å²) in [5, 5.41) is 14.0. The van der Waals surface area contributed by atoms with Crippen molar-refractivity contribution < 1.29 is 13.2 Å². The highest BCUT2D eigenvalue weighted by atomic mass is 32.2. The van der Waals surface area contributed by atoms with Crippen LogP contribution in [0.3, 0.4) is 0 Å². The quantitative estimate of drug-likeness (QED) is 0.248. The normalized spacial score (nSPS) is 11.3. The third kappa shape index (κ3) is 5.90. The molecule has 2 aromatic carbocycles. The molecule has 2 N–H and O–H groups in total. The lowest BCUT2D eigenvalue weighted by Gasteiger charge is -2.11. The number of pyridine rings is 1. The molecule has 0 aliphatic rings. The first-order valence-corrected chi connectivity index (χ1v) is 14.6. The van der Waals surface area contributed by atoms with E-state index >= 15 is 0 Å². The van der Waals surface area contributed by atoms with E-state index in [4.69, 9.17) is 0 Å². The molecule has 0 bridgehead atoms. The number of thioether (sulfide) groups is 1. The van der Waals surface area contributed by atoms with Gasteiger partial charge in [-0.05, 0) is 55.5 Å². The van der Waals surface area contributed by atoms with Crippen molar-refractivity contribution in [1.29, 1.82) is 0 Å². The number of amides is 1. The van der Waals surface area contributed by atoms with Crippen molar-refractivity contribution in [2.24, 2.45) is 0 Å². The number of benzene rings is 2. The zero-order valence-electron chi connectivity index (χ0n) is 20.0. The molecular weight excluding hydrogens is 543 g/mol. The van der Waals surface area contributed by atoms with Gasteiger partial charge in [-0.2, -0.15) is 0 Å². The molecular formula is C25H21N7O3S3. The van der Waals surface area contributed by atoms with Crippen LogP contribution < -0.4 is 10.0 Å². The zero-order chi connectivity index (χ0) is 26.5. The molecule has 0 saturated carbocycles. The number of aryl methyl sites for hydroxylation is 1. The molecule has 0 fully saturated rings. The van der Waals surface area contributed by atoms with Gasteiger partial charge in [-0.15, -0.1) is 21.5 Å². The number of thiazole rings is 1. The summed E-state index contributed by atoms with van der Waals surface area (Å²) in [5.74, 6) is 0.448. The SMILES string of the molecule is Cc1ccc(-n2c(SCC(=O)Nc3ccc(S(=O)(=O)Nc4nccs4)cc3)nnc2-c2ccncc2)cc1. The molecule has 192 valence electrons. The third-order valence-electron chi connectivity index (χ3n) is 5.30. The van der Waals surface area contributed by atoms with Crippen LogP contribution in [0.15, 0.2) is 94.7 Å². The van der Waals surface area contributed by atoms with E-state index in [1.54, 1.807) is 17.8 Å². The van der Waals surface area contributed by atoms with E-state index in [-0.39, 0.29) is 21.7 Å². The maximum Gasteiger partial charge on any atom is 0.263 e. The minimum atomic E-state index is -3.77. The third-order valence-corrected chi connectivity index (χ3v) is 8.40. The Morgan fingerprint density at radius 1 is 0.974 bits per heavy atom. The standard InChI is InChI=1S/C25H21N7O3S3/c1-17-2-6-20(7-3-17)32-23(18-10-12-26-13-11-18)29-30-25(32)37-16-22(33)28-19-4-8-21(9-5-19)38(34,35)31-24-27-14-15-36-24/h2-15H,16H2,1H3,(H,27,31)(H,28,33). The first kappa shape index (κ1) is 25.6.